The van der Waals surface area contributed by atoms with E-state index in [9.17, 15) is 22.4 Å². The molecule has 3 rings (SSSR count). The Hall–Kier alpha value is -3.24. The van der Waals surface area contributed by atoms with Crippen LogP contribution in [0.4, 0.5) is 23.4 Å². The molecule has 3 N–H and O–H groups in total. The Bertz CT molecular complexity index is 1040. The number of pyridine rings is 1. The van der Waals surface area contributed by atoms with Crippen molar-refractivity contribution in [2.75, 3.05) is 11.9 Å². The highest BCUT2D eigenvalue weighted by Gasteiger charge is 2.38. The lowest BCUT2D eigenvalue weighted by Gasteiger charge is -2.32. The molecule has 0 aliphatic carbocycles. The minimum atomic E-state index is -4.56. The number of anilines is 1. The highest BCUT2D eigenvalue weighted by Crippen LogP contribution is 2.28. The number of hydrogen-bond acceptors (Lipinski definition) is 5. The number of alkyl halides is 3. The van der Waals surface area contributed by atoms with E-state index >= 15 is 0 Å². The lowest BCUT2D eigenvalue weighted by Crippen LogP contribution is -2.53. The van der Waals surface area contributed by atoms with Gasteiger partial charge in [-0.25, -0.2) is 19.3 Å². The number of H-pyrrole nitrogens is 1. The number of nitrogens with zero attached hydrogens (tertiary/aromatic N) is 3. The van der Waals surface area contributed by atoms with Gasteiger partial charge in [-0.2, -0.15) is 13.2 Å². The molecule has 3 aromatic heterocycles. The van der Waals surface area contributed by atoms with E-state index in [2.05, 4.69) is 25.3 Å². The monoisotopic (exact) mass is 424 g/mol. The van der Waals surface area contributed by atoms with Gasteiger partial charge in [0.05, 0.1) is 6.20 Å². The van der Waals surface area contributed by atoms with Crippen molar-refractivity contribution in [3.63, 3.8) is 0 Å². The van der Waals surface area contributed by atoms with Crippen molar-refractivity contribution < 1.29 is 22.4 Å². The van der Waals surface area contributed by atoms with Gasteiger partial charge in [-0.1, -0.05) is 13.8 Å². The Balaban J connectivity index is 1.94. The van der Waals surface area contributed by atoms with Crippen molar-refractivity contribution in [2.24, 2.45) is 0 Å². The zero-order valence-corrected chi connectivity index (χ0v) is 16.3. The summed E-state index contributed by atoms with van der Waals surface area (Å²) in [6.45, 7) is 1.76. The van der Waals surface area contributed by atoms with Gasteiger partial charge in [-0.3, -0.25) is 4.79 Å². The lowest BCUT2D eigenvalue weighted by molar-refractivity contribution is -0.141. The second-order valence-electron chi connectivity index (χ2n) is 6.70. The average Bonchev–Trinajstić information content (AvgIpc) is 3.15. The SMILES string of the molecule is CCC(CC)(Nc1nc(-c2c[nH]c3ncccc23)ncc1F)C(=O)NCC(F)(F)F. The van der Waals surface area contributed by atoms with E-state index in [1.54, 1.807) is 38.4 Å². The molecule has 160 valence electrons. The van der Waals surface area contributed by atoms with Crippen molar-refractivity contribution in [1.82, 2.24) is 25.3 Å². The molecule has 30 heavy (non-hydrogen) atoms. The Morgan fingerprint density at radius 2 is 1.93 bits per heavy atom. The highest BCUT2D eigenvalue weighted by atomic mass is 19.4. The van der Waals surface area contributed by atoms with Crippen LogP contribution in [-0.2, 0) is 4.79 Å². The Labute approximate surface area is 169 Å². The summed E-state index contributed by atoms with van der Waals surface area (Å²) in [5.41, 5.74) is -0.307. The zero-order chi connectivity index (χ0) is 21.9. The number of aromatic nitrogens is 4. The van der Waals surface area contributed by atoms with E-state index in [0.29, 0.717) is 11.2 Å². The first-order valence-corrected chi connectivity index (χ1v) is 9.27. The van der Waals surface area contributed by atoms with Gasteiger partial charge in [0, 0.05) is 23.3 Å². The van der Waals surface area contributed by atoms with E-state index in [-0.39, 0.29) is 24.5 Å². The van der Waals surface area contributed by atoms with Gasteiger partial charge in [0.2, 0.25) is 5.91 Å². The molecule has 3 heterocycles. The molecule has 1 amide bonds. The molecule has 0 aliphatic heterocycles. The van der Waals surface area contributed by atoms with Crippen molar-refractivity contribution in [3.05, 3.63) is 36.5 Å². The van der Waals surface area contributed by atoms with Crippen molar-refractivity contribution in [1.29, 1.82) is 0 Å². The fourth-order valence-electron chi connectivity index (χ4n) is 3.11. The van der Waals surface area contributed by atoms with Gasteiger partial charge in [0.25, 0.3) is 0 Å². The fourth-order valence-corrected chi connectivity index (χ4v) is 3.11. The molecule has 0 aliphatic rings. The van der Waals surface area contributed by atoms with E-state index in [4.69, 9.17) is 0 Å². The van der Waals surface area contributed by atoms with Gasteiger partial charge in [0.1, 0.15) is 17.7 Å². The van der Waals surface area contributed by atoms with Crippen LogP contribution in [0.5, 0.6) is 0 Å². The number of rotatable bonds is 7. The van der Waals surface area contributed by atoms with Gasteiger partial charge in [-0.05, 0) is 25.0 Å². The molecule has 0 radical (unpaired) electrons. The van der Waals surface area contributed by atoms with Crippen LogP contribution in [0.15, 0.2) is 30.7 Å². The number of carbonyl (C=O) groups excluding carboxylic acids is 1. The number of halogens is 4. The lowest BCUT2D eigenvalue weighted by atomic mass is 9.91. The van der Waals surface area contributed by atoms with Crippen LogP contribution in [0.3, 0.4) is 0 Å². The quantitative estimate of drug-likeness (QED) is 0.502. The average molecular weight is 424 g/mol. The van der Waals surface area contributed by atoms with Gasteiger partial charge < -0.3 is 15.6 Å². The van der Waals surface area contributed by atoms with E-state index in [0.717, 1.165) is 11.6 Å². The third kappa shape index (κ3) is 4.34. The molecule has 0 bridgehead atoms. The maximum atomic E-state index is 14.4. The summed E-state index contributed by atoms with van der Waals surface area (Å²) in [6, 6.07) is 3.52. The summed E-state index contributed by atoms with van der Waals surface area (Å²) in [7, 11) is 0. The van der Waals surface area contributed by atoms with Crippen molar-refractivity contribution >= 4 is 22.8 Å². The number of nitrogens with one attached hydrogen (secondary N) is 3. The molecular formula is C19H20F4N6O. The Kier molecular flexibility index (Phi) is 5.90. The number of hydrogen-bond donors (Lipinski definition) is 3. The van der Waals surface area contributed by atoms with Crippen LogP contribution in [0.25, 0.3) is 22.4 Å². The summed E-state index contributed by atoms with van der Waals surface area (Å²) in [4.78, 5) is 27.9. The first-order chi connectivity index (χ1) is 14.2. The smallest absolute Gasteiger partial charge is 0.353 e. The predicted octanol–water partition coefficient (Wildman–Crippen LogP) is 3.81. The molecule has 0 aromatic carbocycles. The molecule has 11 heteroatoms. The van der Waals surface area contributed by atoms with Crippen molar-refractivity contribution in [2.45, 2.75) is 38.4 Å². The third-order valence-electron chi connectivity index (χ3n) is 4.88. The summed E-state index contributed by atoms with van der Waals surface area (Å²) >= 11 is 0. The molecule has 0 fully saturated rings. The minimum Gasteiger partial charge on any atom is -0.353 e. The standard InChI is InChI=1S/C19H20F4N6O/c1-3-18(4-2,17(30)27-10-19(21,22)23)29-16-13(20)9-26-15(28-16)12-8-25-14-11(12)6-5-7-24-14/h5-9H,3-4,10H2,1-2H3,(H,24,25)(H,27,30)(H,26,28,29). The van der Waals surface area contributed by atoms with Crippen LogP contribution in [0.1, 0.15) is 26.7 Å². The summed E-state index contributed by atoms with van der Waals surface area (Å²) in [5, 5.41) is 5.30. The summed E-state index contributed by atoms with van der Waals surface area (Å²) in [5.74, 6) is -1.81. The molecular weight excluding hydrogens is 404 g/mol. The topological polar surface area (TPSA) is 95.6 Å². The Morgan fingerprint density at radius 1 is 1.20 bits per heavy atom. The zero-order valence-electron chi connectivity index (χ0n) is 16.3. The maximum Gasteiger partial charge on any atom is 0.405 e. The normalized spacial score (nSPS) is 12.2. The maximum absolute atomic E-state index is 14.4. The molecule has 0 unspecified atom stereocenters. The molecule has 0 saturated carbocycles. The fraction of sp³-hybridized carbons (Fsp3) is 0.368. The van der Waals surface area contributed by atoms with E-state index in [1.165, 1.54) is 0 Å². The largest absolute Gasteiger partial charge is 0.405 e. The predicted molar refractivity (Wildman–Crippen MR) is 103 cm³/mol. The van der Waals surface area contributed by atoms with Gasteiger partial charge >= 0.3 is 6.18 Å². The highest BCUT2D eigenvalue weighted by molar-refractivity contribution is 5.92. The minimum absolute atomic E-state index is 0.114. The second kappa shape index (κ2) is 8.25. The Morgan fingerprint density at radius 3 is 2.60 bits per heavy atom. The summed E-state index contributed by atoms with van der Waals surface area (Å²) < 4.78 is 52.0. The van der Waals surface area contributed by atoms with Crippen LogP contribution in [0.2, 0.25) is 0 Å². The number of aromatic amines is 1. The van der Waals surface area contributed by atoms with E-state index < -0.39 is 30.0 Å². The summed E-state index contributed by atoms with van der Waals surface area (Å²) in [6.07, 6.45) is -0.149. The van der Waals surface area contributed by atoms with Crippen LogP contribution in [0, 0.1) is 5.82 Å². The molecule has 0 saturated heterocycles. The van der Waals surface area contributed by atoms with Crippen molar-refractivity contribution in [3.8, 4) is 11.4 Å². The molecule has 0 spiro atoms. The molecule has 3 aromatic rings. The van der Waals surface area contributed by atoms with Crippen LogP contribution in [-0.4, -0.2) is 44.1 Å². The first kappa shape index (κ1) is 21.5. The van der Waals surface area contributed by atoms with Crippen LogP contribution >= 0.6 is 0 Å². The van der Waals surface area contributed by atoms with Gasteiger partial charge in [0.15, 0.2) is 17.5 Å². The second-order valence-corrected chi connectivity index (χ2v) is 6.70. The van der Waals surface area contributed by atoms with Gasteiger partial charge in [-0.15, -0.1) is 0 Å². The van der Waals surface area contributed by atoms with E-state index in [1.807, 2.05) is 5.32 Å². The number of amides is 1. The first-order valence-electron chi connectivity index (χ1n) is 9.27. The number of carbonyl (C=O) groups is 1. The molecule has 0 atom stereocenters. The third-order valence-corrected chi connectivity index (χ3v) is 4.88. The number of fused-ring (bicyclic) bond motifs is 1. The molecule has 7 nitrogen and oxygen atoms in total. The van der Waals surface area contributed by atoms with Crippen LogP contribution < -0.4 is 10.6 Å².